The Morgan fingerprint density at radius 1 is 0.688 bits per heavy atom. The minimum Gasteiger partial charge on any atom is -0.566 e. The smallest absolute Gasteiger partial charge is 0.121 e. The van der Waals surface area contributed by atoms with Crippen LogP contribution in [0.4, 0.5) is 0 Å². The van der Waals surface area contributed by atoms with E-state index in [0.717, 1.165) is 25.7 Å². The summed E-state index contributed by atoms with van der Waals surface area (Å²) in [4.78, 5) is 10.7. The van der Waals surface area contributed by atoms with E-state index in [-0.39, 0.29) is 12.2 Å². The predicted molar refractivity (Wildman–Crippen MR) is 60.2 cm³/mol. The molecule has 0 radical (unpaired) electrons. The van der Waals surface area contributed by atoms with Gasteiger partial charge < -0.3 is 5.21 Å². The molecule has 16 heavy (non-hydrogen) atoms. The summed E-state index contributed by atoms with van der Waals surface area (Å²) in [5.41, 5.74) is 0. The Labute approximate surface area is 97.4 Å². The van der Waals surface area contributed by atoms with Gasteiger partial charge in [0.2, 0.25) is 0 Å². The number of nitrogens with one attached hydrogen (secondary N) is 1. The average Bonchev–Trinajstić information content (AvgIpc) is 2.31. The van der Waals surface area contributed by atoms with Crippen molar-refractivity contribution in [3.63, 3.8) is 0 Å². The SMILES string of the molecule is [O-][NH+](OC1CCCCC1)OC1CCCCC1. The molecule has 0 amide bonds. The minimum atomic E-state index is -0.432. The van der Waals surface area contributed by atoms with Crippen molar-refractivity contribution in [2.45, 2.75) is 76.4 Å². The van der Waals surface area contributed by atoms with Crippen molar-refractivity contribution >= 4 is 0 Å². The van der Waals surface area contributed by atoms with Crippen molar-refractivity contribution in [1.29, 1.82) is 0 Å². The lowest BCUT2D eigenvalue weighted by Gasteiger charge is -2.29. The second-order valence-electron chi connectivity index (χ2n) is 5.01. The van der Waals surface area contributed by atoms with Gasteiger partial charge in [0.05, 0.1) is 0 Å². The van der Waals surface area contributed by atoms with Crippen LogP contribution in [0.3, 0.4) is 0 Å². The van der Waals surface area contributed by atoms with Crippen molar-refractivity contribution in [3.8, 4) is 0 Å². The minimum absolute atomic E-state index is 0.116. The summed E-state index contributed by atoms with van der Waals surface area (Å²) in [5.74, 6) is 0. The van der Waals surface area contributed by atoms with Crippen molar-refractivity contribution < 1.29 is 15.1 Å². The highest BCUT2D eigenvalue weighted by molar-refractivity contribution is 4.64. The highest BCUT2D eigenvalue weighted by atomic mass is 17.1. The molecule has 2 saturated carbocycles. The zero-order valence-electron chi connectivity index (χ0n) is 9.95. The van der Waals surface area contributed by atoms with Gasteiger partial charge >= 0.3 is 0 Å². The van der Waals surface area contributed by atoms with Crippen LogP contribution in [0.2, 0.25) is 0 Å². The van der Waals surface area contributed by atoms with Gasteiger partial charge in [0.25, 0.3) is 0 Å². The first-order chi connectivity index (χ1) is 7.84. The van der Waals surface area contributed by atoms with E-state index in [9.17, 15) is 5.21 Å². The highest BCUT2D eigenvalue weighted by Crippen LogP contribution is 2.20. The van der Waals surface area contributed by atoms with E-state index < -0.39 is 5.39 Å². The molecule has 2 aliphatic carbocycles. The molecule has 0 heterocycles. The molecule has 0 aromatic rings. The van der Waals surface area contributed by atoms with Crippen LogP contribution >= 0.6 is 0 Å². The third-order valence-corrected chi connectivity index (χ3v) is 3.63. The van der Waals surface area contributed by atoms with Gasteiger partial charge in [-0.1, -0.05) is 43.9 Å². The third kappa shape index (κ3) is 4.01. The molecule has 0 aromatic heterocycles. The van der Waals surface area contributed by atoms with Crippen LogP contribution in [-0.2, 0) is 9.68 Å². The van der Waals surface area contributed by atoms with E-state index in [2.05, 4.69) is 0 Å². The average molecular weight is 229 g/mol. The van der Waals surface area contributed by atoms with Crippen LogP contribution < -0.4 is 5.39 Å². The summed E-state index contributed by atoms with van der Waals surface area (Å²) in [6, 6.07) is 0. The van der Waals surface area contributed by atoms with Crippen LogP contribution in [0, 0.1) is 5.21 Å². The fourth-order valence-corrected chi connectivity index (χ4v) is 2.67. The van der Waals surface area contributed by atoms with E-state index in [1.807, 2.05) is 0 Å². The monoisotopic (exact) mass is 229 g/mol. The van der Waals surface area contributed by atoms with Crippen LogP contribution in [0.5, 0.6) is 0 Å². The first-order valence-corrected chi connectivity index (χ1v) is 6.72. The lowest BCUT2D eigenvalue weighted by atomic mass is 9.98. The van der Waals surface area contributed by atoms with Gasteiger partial charge in [-0.05, 0) is 25.7 Å². The summed E-state index contributed by atoms with van der Waals surface area (Å²) in [6.45, 7) is 0. The van der Waals surface area contributed by atoms with Crippen LogP contribution in [0.25, 0.3) is 0 Å². The molecule has 0 saturated heterocycles. The summed E-state index contributed by atoms with van der Waals surface area (Å²) >= 11 is 0. The molecule has 0 atom stereocenters. The maximum absolute atomic E-state index is 11.5. The number of quaternary nitrogens is 1. The fourth-order valence-electron chi connectivity index (χ4n) is 2.67. The molecule has 4 nitrogen and oxygen atoms in total. The van der Waals surface area contributed by atoms with Crippen molar-refractivity contribution in [3.05, 3.63) is 5.21 Å². The molecule has 0 aromatic carbocycles. The first kappa shape index (κ1) is 12.3. The molecular weight excluding hydrogens is 206 g/mol. The molecule has 94 valence electrons. The highest BCUT2D eigenvalue weighted by Gasteiger charge is 2.22. The molecule has 2 fully saturated rings. The van der Waals surface area contributed by atoms with Crippen molar-refractivity contribution in [2.75, 3.05) is 0 Å². The van der Waals surface area contributed by atoms with E-state index in [0.29, 0.717) is 0 Å². The first-order valence-electron chi connectivity index (χ1n) is 6.72. The summed E-state index contributed by atoms with van der Waals surface area (Å²) in [6.07, 6.45) is 11.6. The Kier molecular flexibility index (Phi) is 5.03. The zero-order valence-corrected chi connectivity index (χ0v) is 9.95. The summed E-state index contributed by atoms with van der Waals surface area (Å²) in [5, 5.41) is 11.1. The Morgan fingerprint density at radius 3 is 1.44 bits per heavy atom. The summed E-state index contributed by atoms with van der Waals surface area (Å²) < 4.78 is 0. The van der Waals surface area contributed by atoms with Gasteiger partial charge in [-0.2, -0.15) is 9.68 Å². The molecule has 4 heteroatoms. The van der Waals surface area contributed by atoms with Gasteiger partial charge in [0.15, 0.2) is 0 Å². The molecule has 0 unspecified atom stereocenters. The molecular formula is C12H23NO3. The second-order valence-corrected chi connectivity index (χ2v) is 5.01. The van der Waals surface area contributed by atoms with E-state index >= 15 is 0 Å². The molecule has 0 bridgehead atoms. The Hall–Kier alpha value is -0.160. The Bertz CT molecular complexity index is 169. The molecule has 0 spiro atoms. The topological polar surface area (TPSA) is 46.0 Å². The van der Waals surface area contributed by atoms with Gasteiger partial charge in [-0.3, -0.25) is 0 Å². The number of rotatable bonds is 4. The molecule has 0 aliphatic heterocycles. The van der Waals surface area contributed by atoms with Crippen LogP contribution in [-0.4, -0.2) is 12.2 Å². The zero-order chi connectivity index (χ0) is 11.2. The largest absolute Gasteiger partial charge is 0.566 e. The number of hydrogen-bond donors (Lipinski definition) is 1. The van der Waals surface area contributed by atoms with E-state index in [1.165, 1.54) is 38.5 Å². The fraction of sp³-hybridized carbons (Fsp3) is 1.00. The maximum atomic E-state index is 11.5. The van der Waals surface area contributed by atoms with Gasteiger partial charge in [0.1, 0.15) is 12.2 Å². The lowest BCUT2D eigenvalue weighted by Crippen LogP contribution is -3.06. The van der Waals surface area contributed by atoms with E-state index in [4.69, 9.17) is 9.68 Å². The van der Waals surface area contributed by atoms with Crippen molar-refractivity contribution in [2.24, 2.45) is 0 Å². The number of hydrogen-bond acceptors (Lipinski definition) is 3. The van der Waals surface area contributed by atoms with Gasteiger partial charge in [0, 0.05) is 0 Å². The standard InChI is InChI=1S/C12H23NO3/c14-13(15-11-7-3-1-4-8-11)16-12-9-5-2-6-10-12/h11-13H,1-10H2. The Morgan fingerprint density at radius 2 is 1.06 bits per heavy atom. The van der Waals surface area contributed by atoms with Crippen molar-refractivity contribution in [1.82, 2.24) is 0 Å². The van der Waals surface area contributed by atoms with Crippen LogP contribution in [0.1, 0.15) is 64.2 Å². The van der Waals surface area contributed by atoms with Gasteiger partial charge in [-0.15, -0.1) is 0 Å². The lowest BCUT2D eigenvalue weighted by molar-refractivity contribution is -1.22. The second kappa shape index (κ2) is 6.55. The van der Waals surface area contributed by atoms with E-state index in [1.54, 1.807) is 0 Å². The molecule has 2 rings (SSSR count). The normalized spacial score (nSPS) is 25.1. The van der Waals surface area contributed by atoms with Gasteiger partial charge in [-0.25, -0.2) is 0 Å². The quantitative estimate of drug-likeness (QED) is 0.749. The third-order valence-electron chi connectivity index (χ3n) is 3.63. The predicted octanol–water partition coefficient (Wildman–Crippen LogP) is 1.90. The molecule has 1 N–H and O–H groups in total. The van der Waals surface area contributed by atoms with Crippen LogP contribution in [0.15, 0.2) is 0 Å². The summed E-state index contributed by atoms with van der Waals surface area (Å²) in [7, 11) is 0. The maximum Gasteiger partial charge on any atom is 0.121 e. The molecule has 2 aliphatic rings. The Balaban J connectivity index is 1.64.